The Balaban J connectivity index is 1.44. The summed E-state index contributed by atoms with van der Waals surface area (Å²) in [6.45, 7) is 6.64. The first-order valence-electron chi connectivity index (χ1n) is 13.4. The molecule has 3 aliphatic carbocycles. The third-order valence-corrected chi connectivity index (χ3v) is 9.23. The first-order chi connectivity index (χ1) is 17.2. The van der Waals surface area contributed by atoms with E-state index in [1.54, 1.807) is 24.3 Å². The molecule has 6 atom stereocenters. The van der Waals surface area contributed by atoms with Gasteiger partial charge in [0.15, 0.2) is 5.78 Å². The smallest absolute Gasteiger partial charge is 0.340 e. The maximum absolute atomic E-state index is 14.1. The summed E-state index contributed by atoms with van der Waals surface area (Å²) in [6.07, 6.45) is 4.65. The van der Waals surface area contributed by atoms with Crippen molar-refractivity contribution in [3.8, 4) is 0 Å². The van der Waals surface area contributed by atoms with E-state index in [0.29, 0.717) is 17.9 Å². The molecule has 1 amide bonds. The Bertz CT molecular complexity index is 1130. The molecule has 1 N–H and O–H groups in total. The number of rotatable bonds is 6. The maximum Gasteiger partial charge on any atom is 0.340 e. The molecule has 0 unspecified atom stereocenters. The third kappa shape index (κ3) is 4.16. The molecule has 0 heterocycles. The molecule has 5 nitrogen and oxygen atoms in total. The van der Waals surface area contributed by atoms with Gasteiger partial charge in [-0.05, 0) is 61.1 Å². The molecule has 5 heteroatoms. The molecule has 2 aromatic rings. The van der Waals surface area contributed by atoms with E-state index in [-0.39, 0.29) is 35.1 Å². The highest BCUT2D eigenvalue weighted by molar-refractivity contribution is 6.15. The fourth-order valence-electron chi connectivity index (χ4n) is 7.06. The van der Waals surface area contributed by atoms with E-state index in [1.165, 1.54) is 5.56 Å². The predicted octanol–water partition coefficient (Wildman–Crippen LogP) is 5.48. The van der Waals surface area contributed by atoms with Gasteiger partial charge in [-0.25, -0.2) is 4.79 Å². The second-order valence-corrected chi connectivity index (χ2v) is 11.8. The van der Waals surface area contributed by atoms with Crippen LogP contribution in [0.2, 0.25) is 0 Å². The van der Waals surface area contributed by atoms with Crippen LogP contribution in [-0.2, 0) is 19.7 Å². The van der Waals surface area contributed by atoms with Gasteiger partial charge in [-0.1, -0.05) is 75.7 Å². The summed E-state index contributed by atoms with van der Waals surface area (Å²) in [5.41, 5.74) is -0.132. The minimum Gasteiger partial charge on any atom is -0.460 e. The summed E-state index contributed by atoms with van der Waals surface area (Å²) in [5, 5.41) is 2.91. The van der Waals surface area contributed by atoms with Gasteiger partial charge < -0.3 is 10.1 Å². The van der Waals surface area contributed by atoms with Gasteiger partial charge in [0.25, 0.3) is 5.91 Å². The van der Waals surface area contributed by atoms with Crippen molar-refractivity contribution in [1.82, 2.24) is 5.32 Å². The number of nitrogens with one attached hydrogen (secondary N) is 1. The van der Waals surface area contributed by atoms with Crippen molar-refractivity contribution in [3.63, 3.8) is 0 Å². The Morgan fingerprint density at radius 1 is 0.917 bits per heavy atom. The summed E-state index contributed by atoms with van der Waals surface area (Å²) in [4.78, 5) is 40.9. The quantitative estimate of drug-likeness (QED) is 0.433. The molecular weight excluding hydrogens is 450 g/mol. The molecule has 2 bridgehead atoms. The van der Waals surface area contributed by atoms with E-state index in [1.807, 2.05) is 24.3 Å². The average Bonchev–Trinajstić information content (AvgIpc) is 3.47. The van der Waals surface area contributed by atoms with Gasteiger partial charge in [0, 0.05) is 23.3 Å². The van der Waals surface area contributed by atoms with Crippen LogP contribution in [0.3, 0.4) is 0 Å². The van der Waals surface area contributed by atoms with Gasteiger partial charge in [0.05, 0.1) is 0 Å². The van der Waals surface area contributed by atoms with E-state index in [2.05, 4.69) is 38.2 Å². The van der Waals surface area contributed by atoms with Crippen LogP contribution in [0, 0.1) is 23.7 Å². The number of carbonyl (C=O) groups is 3. The predicted molar refractivity (Wildman–Crippen MR) is 138 cm³/mol. The number of ketones is 1. The zero-order valence-corrected chi connectivity index (χ0v) is 21.5. The van der Waals surface area contributed by atoms with Crippen LogP contribution >= 0.6 is 0 Å². The van der Waals surface area contributed by atoms with Crippen LogP contribution in [0.15, 0.2) is 60.7 Å². The molecule has 2 aromatic carbocycles. The molecule has 0 radical (unpaired) electrons. The standard InChI is InChI=1S/C31H37NO4/c1-20-14-17-25(30(2,3)23-12-8-5-9-13-23)26(18-20)36-29(35)31(24-16-15-22(19-24)27(31)33)32-28(34)21-10-6-4-7-11-21/h4-13,20,22,24-26H,14-19H2,1-3H3,(H,32,34)/t20-,22+,24-,25-,26-,31-/m1/s1. The second-order valence-electron chi connectivity index (χ2n) is 11.8. The fourth-order valence-corrected chi connectivity index (χ4v) is 7.06. The Morgan fingerprint density at radius 3 is 2.22 bits per heavy atom. The minimum absolute atomic E-state index is 0.121. The molecule has 0 aliphatic heterocycles. The van der Waals surface area contributed by atoms with E-state index in [9.17, 15) is 14.4 Å². The highest BCUT2D eigenvalue weighted by Crippen LogP contribution is 2.50. The number of amides is 1. The van der Waals surface area contributed by atoms with Crippen molar-refractivity contribution in [3.05, 3.63) is 71.8 Å². The van der Waals surface area contributed by atoms with Crippen molar-refractivity contribution in [2.75, 3.05) is 0 Å². The lowest BCUT2D eigenvalue weighted by atomic mass is 9.64. The Hall–Kier alpha value is -2.95. The first-order valence-corrected chi connectivity index (χ1v) is 13.4. The third-order valence-electron chi connectivity index (χ3n) is 9.23. The summed E-state index contributed by atoms with van der Waals surface area (Å²) >= 11 is 0. The molecule has 0 aromatic heterocycles. The van der Waals surface area contributed by atoms with Crippen molar-refractivity contribution in [2.45, 2.75) is 76.4 Å². The minimum atomic E-state index is -1.59. The van der Waals surface area contributed by atoms with Crippen molar-refractivity contribution >= 4 is 17.7 Å². The maximum atomic E-state index is 14.1. The number of benzene rings is 2. The SMILES string of the molecule is C[C@@H]1CC[C@@H](C(C)(C)c2ccccc2)[C@H](OC(=O)[C@]2(NC(=O)c3ccccc3)C(=O)[C@H]3CC[C@@H]2C3)C1. The topological polar surface area (TPSA) is 72.5 Å². The molecule has 3 aliphatic rings. The molecule has 190 valence electrons. The molecule has 0 spiro atoms. The highest BCUT2D eigenvalue weighted by atomic mass is 16.5. The number of Topliss-reactive ketones (excluding diaryl/α,β-unsaturated/α-hetero) is 1. The summed E-state index contributed by atoms with van der Waals surface area (Å²) in [7, 11) is 0. The van der Waals surface area contributed by atoms with Crippen molar-refractivity contribution < 1.29 is 19.1 Å². The van der Waals surface area contributed by atoms with Crippen LogP contribution in [0.1, 0.15) is 75.2 Å². The molecule has 0 saturated heterocycles. The Morgan fingerprint density at radius 2 is 1.58 bits per heavy atom. The monoisotopic (exact) mass is 487 g/mol. The Labute approximate surface area is 214 Å². The summed E-state index contributed by atoms with van der Waals surface area (Å²) in [5.74, 6) is -0.969. The fraction of sp³-hybridized carbons (Fsp3) is 0.516. The highest BCUT2D eigenvalue weighted by Gasteiger charge is 2.65. The first kappa shape index (κ1) is 24.7. The lowest BCUT2D eigenvalue weighted by molar-refractivity contribution is -0.169. The average molecular weight is 488 g/mol. The molecule has 3 fully saturated rings. The number of hydrogen-bond acceptors (Lipinski definition) is 4. The largest absolute Gasteiger partial charge is 0.460 e. The van der Waals surface area contributed by atoms with E-state index in [0.717, 1.165) is 32.1 Å². The summed E-state index contributed by atoms with van der Waals surface area (Å²) < 4.78 is 6.35. The van der Waals surface area contributed by atoms with Crippen LogP contribution in [-0.4, -0.2) is 29.3 Å². The second kappa shape index (κ2) is 9.49. The molecule has 3 saturated carbocycles. The van der Waals surface area contributed by atoms with E-state index in [4.69, 9.17) is 4.74 Å². The van der Waals surface area contributed by atoms with Crippen LogP contribution in [0.25, 0.3) is 0 Å². The van der Waals surface area contributed by atoms with E-state index >= 15 is 0 Å². The van der Waals surface area contributed by atoms with Crippen LogP contribution in [0.4, 0.5) is 0 Å². The van der Waals surface area contributed by atoms with Gasteiger partial charge in [0.2, 0.25) is 5.54 Å². The van der Waals surface area contributed by atoms with E-state index < -0.39 is 17.4 Å². The number of esters is 1. The molecule has 5 rings (SSSR count). The normalized spacial score (nSPS) is 31.8. The van der Waals surface area contributed by atoms with Gasteiger partial charge in [-0.15, -0.1) is 0 Å². The summed E-state index contributed by atoms with van der Waals surface area (Å²) in [6, 6.07) is 19.2. The van der Waals surface area contributed by atoms with Gasteiger partial charge in [-0.2, -0.15) is 0 Å². The van der Waals surface area contributed by atoms with Crippen molar-refractivity contribution in [2.24, 2.45) is 23.7 Å². The van der Waals surface area contributed by atoms with Gasteiger partial charge >= 0.3 is 5.97 Å². The lowest BCUT2D eigenvalue weighted by Gasteiger charge is -2.45. The molecular formula is C31H37NO4. The zero-order valence-electron chi connectivity index (χ0n) is 21.5. The number of fused-ring (bicyclic) bond motifs is 2. The van der Waals surface area contributed by atoms with Gasteiger partial charge in [0.1, 0.15) is 6.10 Å². The zero-order chi connectivity index (χ0) is 25.5. The number of ether oxygens (including phenoxy) is 1. The lowest BCUT2D eigenvalue weighted by Crippen LogP contribution is -2.64. The number of hydrogen-bond donors (Lipinski definition) is 1. The number of carbonyl (C=O) groups excluding carboxylic acids is 3. The van der Waals surface area contributed by atoms with Crippen LogP contribution in [0.5, 0.6) is 0 Å². The Kier molecular flexibility index (Phi) is 6.52. The molecule has 36 heavy (non-hydrogen) atoms. The van der Waals surface area contributed by atoms with Gasteiger partial charge in [-0.3, -0.25) is 9.59 Å². The van der Waals surface area contributed by atoms with Crippen molar-refractivity contribution in [1.29, 1.82) is 0 Å². The van der Waals surface area contributed by atoms with Crippen LogP contribution < -0.4 is 5.32 Å².